The number of hydrogen-bond donors (Lipinski definition) is 1. The highest BCUT2D eigenvalue weighted by Crippen LogP contribution is 2.29. The summed E-state index contributed by atoms with van der Waals surface area (Å²) in [4.78, 5) is 13.8. The fourth-order valence-corrected chi connectivity index (χ4v) is 6.17. The van der Waals surface area contributed by atoms with E-state index in [-0.39, 0.29) is 17.6 Å². The average Bonchev–Trinajstić information content (AvgIpc) is 2.69. The Labute approximate surface area is 185 Å². The molecule has 3 rings (SSSR count). The van der Waals surface area contributed by atoms with Crippen molar-refractivity contribution in [1.82, 2.24) is 4.31 Å². The van der Waals surface area contributed by atoms with Crippen LogP contribution < -0.4 is 5.32 Å². The molecule has 1 fully saturated rings. The molecule has 0 bridgehead atoms. The first kappa shape index (κ1) is 22.3. The lowest BCUT2D eigenvalue weighted by Gasteiger charge is -2.30. The second-order valence-electron chi connectivity index (χ2n) is 6.98. The van der Waals surface area contributed by atoms with Crippen LogP contribution in [0.5, 0.6) is 0 Å². The maximum Gasteiger partial charge on any atom is 0.227 e. The van der Waals surface area contributed by atoms with E-state index in [1.807, 2.05) is 48.5 Å². The van der Waals surface area contributed by atoms with Crippen LogP contribution in [-0.2, 0) is 20.6 Å². The first-order valence-electron chi connectivity index (χ1n) is 9.64. The minimum atomic E-state index is -3.40. The second-order valence-corrected chi connectivity index (χ2v) is 11.2. The maximum atomic E-state index is 12.8. The maximum absolute atomic E-state index is 12.8. The number of sulfonamides is 1. The number of carbonyl (C=O) groups is 1. The summed E-state index contributed by atoms with van der Waals surface area (Å²) in [5, 5.41) is 3.03. The van der Waals surface area contributed by atoms with E-state index >= 15 is 0 Å². The highest BCUT2D eigenvalue weighted by Gasteiger charge is 2.31. The van der Waals surface area contributed by atoms with E-state index in [9.17, 15) is 13.2 Å². The highest BCUT2D eigenvalue weighted by atomic mass is 79.9. The summed E-state index contributed by atoms with van der Waals surface area (Å²) in [6.07, 6.45) is 1.07. The molecule has 1 N–H and O–H groups in total. The Morgan fingerprint density at radius 2 is 1.90 bits per heavy atom. The van der Waals surface area contributed by atoms with E-state index in [0.717, 1.165) is 26.4 Å². The minimum absolute atomic E-state index is 0.0229. The first-order valence-corrected chi connectivity index (χ1v) is 13.0. The zero-order valence-electron chi connectivity index (χ0n) is 16.3. The van der Waals surface area contributed by atoms with Gasteiger partial charge in [0.2, 0.25) is 15.9 Å². The predicted molar refractivity (Wildman–Crippen MR) is 123 cm³/mol. The molecule has 29 heavy (non-hydrogen) atoms. The van der Waals surface area contributed by atoms with Crippen LogP contribution >= 0.6 is 27.7 Å². The van der Waals surface area contributed by atoms with Gasteiger partial charge in [-0.2, -0.15) is 0 Å². The molecule has 0 saturated carbocycles. The van der Waals surface area contributed by atoms with Gasteiger partial charge in [-0.3, -0.25) is 4.79 Å². The van der Waals surface area contributed by atoms with Crippen molar-refractivity contribution in [2.45, 2.75) is 30.4 Å². The Balaban J connectivity index is 1.58. The van der Waals surface area contributed by atoms with Gasteiger partial charge in [-0.05, 0) is 48.4 Å². The number of para-hydroxylation sites is 1. The number of rotatable bonds is 7. The van der Waals surface area contributed by atoms with Crippen molar-refractivity contribution in [3.63, 3.8) is 0 Å². The van der Waals surface area contributed by atoms with Crippen molar-refractivity contribution in [2.24, 2.45) is 5.92 Å². The van der Waals surface area contributed by atoms with Crippen molar-refractivity contribution in [1.29, 1.82) is 0 Å². The van der Waals surface area contributed by atoms with Crippen molar-refractivity contribution in [3.8, 4) is 0 Å². The van der Waals surface area contributed by atoms with Crippen LogP contribution in [0.3, 0.4) is 0 Å². The van der Waals surface area contributed by atoms with Crippen molar-refractivity contribution >= 4 is 49.3 Å². The van der Waals surface area contributed by atoms with Crippen LogP contribution in [0, 0.1) is 5.92 Å². The summed E-state index contributed by atoms with van der Waals surface area (Å²) in [6, 6.07) is 15.1. The Bertz CT molecular complexity index is 958. The van der Waals surface area contributed by atoms with E-state index < -0.39 is 10.0 Å². The molecule has 0 aromatic heterocycles. The summed E-state index contributed by atoms with van der Waals surface area (Å²) in [7, 11) is -3.40. The van der Waals surface area contributed by atoms with Crippen LogP contribution in [0.25, 0.3) is 0 Å². The van der Waals surface area contributed by atoms with Crippen molar-refractivity contribution < 1.29 is 13.2 Å². The lowest BCUT2D eigenvalue weighted by atomic mass is 9.97. The third kappa shape index (κ3) is 6.07. The molecule has 0 unspecified atom stereocenters. The van der Waals surface area contributed by atoms with Crippen LogP contribution in [0.1, 0.15) is 25.3 Å². The van der Waals surface area contributed by atoms with Crippen molar-refractivity contribution in [3.05, 3.63) is 58.6 Å². The van der Waals surface area contributed by atoms with Gasteiger partial charge in [-0.15, -0.1) is 11.8 Å². The largest absolute Gasteiger partial charge is 0.325 e. The number of piperidine rings is 1. The zero-order chi connectivity index (χ0) is 20.9. The molecule has 1 saturated heterocycles. The molecule has 1 aliphatic heterocycles. The minimum Gasteiger partial charge on any atom is -0.325 e. The number of halogens is 1. The van der Waals surface area contributed by atoms with Crippen LogP contribution in [0.2, 0.25) is 0 Å². The fraction of sp³-hybridized carbons (Fsp3) is 0.381. The standard InChI is InChI=1S/C21H25BrN2O3S2/c1-2-28-20-9-4-3-8-19(20)23-21(25)17-10-12-24(13-11-17)29(26,27)15-16-6-5-7-18(22)14-16/h3-9,14,17H,2,10-13,15H2,1H3,(H,23,25). The highest BCUT2D eigenvalue weighted by molar-refractivity contribution is 9.10. The Hall–Kier alpha value is -1.35. The molecule has 1 aliphatic rings. The predicted octanol–water partition coefficient (Wildman–Crippen LogP) is 4.74. The van der Waals surface area contributed by atoms with Gasteiger partial charge in [-0.1, -0.05) is 47.1 Å². The van der Waals surface area contributed by atoms with Crippen LogP contribution in [0.15, 0.2) is 57.9 Å². The van der Waals surface area contributed by atoms with Gasteiger partial charge < -0.3 is 5.32 Å². The van der Waals surface area contributed by atoms with Gasteiger partial charge in [0.05, 0.1) is 11.4 Å². The van der Waals surface area contributed by atoms with E-state index in [2.05, 4.69) is 28.2 Å². The first-order chi connectivity index (χ1) is 13.9. The van der Waals surface area contributed by atoms with Gasteiger partial charge in [0.25, 0.3) is 0 Å². The number of anilines is 1. The lowest BCUT2D eigenvalue weighted by Crippen LogP contribution is -2.41. The van der Waals surface area contributed by atoms with E-state index in [1.54, 1.807) is 11.8 Å². The molecule has 0 atom stereocenters. The zero-order valence-corrected chi connectivity index (χ0v) is 19.5. The third-order valence-corrected chi connectivity index (χ3v) is 8.20. The normalized spacial score (nSPS) is 15.9. The summed E-state index contributed by atoms with van der Waals surface area (Å²) in [5.74, 6) is 0.705. The van der Waals surface area contributed by atoms with Gasteiger partial charge in [0, 0.05) is 28.4 Å². The van der Waals surface area contributed by atoms with Crippen LogP contribution in [0.4, 0.5) is 5.69 Å². The molecule has 2 aromatic rings. The fourth-order valence-electron chi connectivity index (χ4n) is 3.41. The molecule has 156 valence electrons. The summed E-state index contributed by atoms with van der Waals surface area (Å²) in [6.45, 7) is 2.83. The third-order valence-electron chi connectivity index (χ3n) is 4.90. The molecule has 0 aliphatic carbocycles. The molecular formula is C21H25BrN2O3S2. The summed E-state index contributed by atoms with van der Waals surface area (Å²) in [5.41, 5.74) is 1.58. The number of amides is 1. The lowest BCUT2D eigenvalue weighted by molar-refractivity contribution is -0.120. The molecule has 1 heterocycles. The molecule has 5 nitrogen and oxygen atoms in total. The number of carbonyl (C=O) groups excluding carboxylic acids is 1. The summed E-state index contributed by atoms with van der Waals surface area (Å²) >= 11 is 5.07. The smallest absolute Gasteiger partial charge is 0.227 e. The number of benzene rings is 2. The van der Waals surface area contributed by atoms with Crippen LogP contribution in [-0.4, -0.2) is 37.5 Å². The topological polar surface area (TPSA) is 66.5 Å². The van der Waals surface area contributed by atoms with Gasteiger partial charge in [-0.25, -0.2) is 12.7 Å². The quantitative estimate of drug-likeness (QED) is 0.562. The second kappa shape index (κ2) is 10.1. The number of nitrogens with zero attached hydrogens (tertiary/aromatic N) is 1. The number of nitrogens with one attached hydrogen (secondary N) is 1. The molecule has 0 spiro atoms. The van der Waals surface area contributed by atoms with Crippen molar-refractivity contribution in [2.75, 3.05) is 24.2 Å². The molecule has 1 amide bonds. The Kier molecular flexibility index (Phi) is 7.79. The molecular weight excluding hydrogens is 472 g/mol. The number of hydrogen-bond acceptors (Lipinski definition) is 4. The molecule has 0 radical (unpaired) electrons. The summed E-state index contributed by atoms with van der Waals surface area (Å²) < 4.78 is 27.9. The molecule has 2 aromatic carbocycles. The van der Waals surface area contributed by atoms with Gasteiger partial charge in [0.15, 0.2) is 0 Å². The van der Waals surface area contributed by atoms with Gasteiger partial charge in [0.1, 0.15) is 0 Å². The van der Waals surface area contributed by atoms with E-state index in [0.29, 0.717) is 25.9 Å². The van der Waals surface area contributed by atoms with E-state index in [4.69, 9.17) is 0 Å². The SMILES string of the molecule is CCSc1ccccc1NC(=O)C1CCN(S(=O)(=O)Cc2cccc(Br)c2)CC1. The Morgan fingerprint density at radius 1 is 1.17 bits per heavy atom. The Morgan fingerprint density at radius 3 is 2.59 bits per heavy atom. The van der Waals surface area contributed by atoms with E-state index in [1.165, 1.54) is 4.31 Å². The van der Waals surface area contributed by atoms with Gasteiger partial charge >= 0.3 is 0 Å². The number of thioether (sulfide) groups is 1. The molecule has 8 heteroatoms. The average molecular weight is 497 g/mol. The monoisotopic (exact) mass is 496 g/mol.